The van der Waals surface area contributed by atoms with Gasteiger partial charge in [-0.3, -0.25) is 0 Å². The van der Waals surface area contributed by atoms with E-state index in [2.05, 4.69) is 11.4 Å². The quantitative estimate of drug-likeness (QED) is 0.825. The lowest BCUT2D eigenvalue weighted by molar-refractivity contribution is 0.477. The molecule has 18 heavy (non-hydrogen) atoms. The predicted molar refractivity (Wildman–Crippen MR) is 71.5 cm³/mol. The number of aromatic hydroxyl groups is 1. The number of benzene rings is 2. The molecule has 4 heteroatoms. The summed E-state index contributed by atoms with van der Waals surface area (Å²) in [6.45, 7) is 0. The summed E-state index contributed by atoms with van der Waals surface area (Å²) in [5.74, 6) is 0.117. The summed E-state index contributed by atoms with van der Waals surface area (Å²) in [5, 5.41) is 22.4. The lowest BCUT2D eigenvalue weighted by Crippen LogP contribution is -2.08. The molecule has 2 aromatic carbocycles. The van der Waals surface area contributed by atoms with E-state index in [0.29, 0.717) is 10.7 Å². The van der Waals surface area contributed by atoms with Crippen LogP contribution in [0, 0.1) is 11.3 Å². The molecular weight excluding hydrogens is 248 g/mol. The normalized spacial score (nSPS) is 11.6. The molecule has 2 aromatic rings. The van der Waals surface area contributed by atoms with E-state index in [1.165, 1.54) is 0 Å². The number of phenols is 1. The highest BCUT2D eigenvalue weighted by atomic mass is 35.5. The number of phenolic OH excluding ortho intramolecular Hbond substituents is 1. The largest absolute Gasteiger partial charge is 0.506 e. The van der Waals surface area contributed by atoms with Gasteiger partial charge < -0.3 is 10.4 Å². The second kappa shape index (κ2) is 5.44. The van der Waals surface area contributed by atoms with Crippen molar-refractivity contribution in [1.29, 1.82) is 5.26 Å². The zero-order valence-corrected chi connectivity index (χ0v) is 10.2. The van der Waals surface area contributed by atoms with Crippen molar-refractivity contribution in [2.75, 3.05) is 5.32 Å². The van der Waals surface area contributed by atoms with Gasteiger partial charge in [0.2, 0.25) is 0 Å². The second-order valence-electron chi connectivity index (χ2n) is 3.78. The Morgan fingerprint density at radius 1 is 1.11 bits per heavy atom. The Balaban J connectivity index is 2.23. The van der Waals surface area contributed by atoms with Gasteiger partial charge in [0.05, 0.1) is 11.8 Å². The minimum atomic E-state index is -0.532. The number of hydrogen-bond donors (Lipinski definition) is 2. The molecule has 1 unspecified atom stereocenters. The monoisotopic (exact) mass is 258 g/mol. The molecule has 3 nitrogen and oxygen atoms in total. The van der Waals surface area contributed by atoms with Crippen LogP contribution in [0.5, 0.6) is 5.75 Å². The Morgan fingerprint density at radius 3 is 2.39 bits per heavy atom. The Labute approximate surface area is 110 Å². The number of hydrogen-bond acceptors (Lipinski definition) is 3. The van der Waals surface area contributed by atoms with E-state index in [4.69, 9.17) is 11.6 Å². The number of halogens is 1. The minimum absolute atomic E-state index is 0.117. The summed E-state index contributed by atoms with van der Waals surface area (Å²) in [7, 11) is 0. The zero-order chi connectivity index (χ0) is 13.0. The summed E-state index contributed by atoms with van der Waals surface area (Å²) >= 11 is 5.80. The molecule has 2 N–H and O–H groups in total. The second-order valence-corrected chi connectivity index (χ2v) is 4.21. The van der Waals surface area contributed by atoms with Crippen LogP contribution in [0.25, 0.3) is 0 Å². The molecule has 0 saturated carbocycles. The van der Waals surface area contributed by atoms with E-state index in [9.17, 15) is 10.4 Å². The molecule has 1 atom stereocenters. The Bertz CT molecular complexity index is 575. The molecule has 0 fully saturated rings. The fraction of sp³-hybridized carbons (Fsp3) is 0.0714. The topological polar surface area (TPSA) is 56.0 Å². The summed E-state index contributed by atoms with van der Waals surface area (Å²) in [5.41, 5.74) is 1.32. The smallest absolute Gasteiger partial charge is 0.140 e. The van der Waals surface area contributed by atoms with E-state index in [0.717, 1.165) is 5.56 Å². The number of nitrogens with one attached hydrogen (secondary N) is 1. The first-order chi connectivity index (χ1) is 8.70. The maximum Gasteiger partial charge on any atom is 0.140 e. The molecule has 2 rings (SSSR count). The van der Waals surface area contributed by atoms with Crippen molar-refractivity contribution in [1.82, 2.24) is 0 Å². The highest BCUT2D eigenvalue weighted by Crippen LogP contribution is 2.27. The fourth-order valence-corrected chi connectivity index (χ4v) is 1.72. The molecule has 0 amide bonds. The Kier molecular flexibility index (Phi) is 3.71. The van der Waals surface area contributed by atoms with Crippen LogP contribution in [0.4, 0.5) is 5.69 Å². The average molecular weight is 259 g/mol. The van der Waals surface area contributed by atoms with E-state index in [1.807, 2.05) is 0 Å². The maximum atomic E-state index is 9.65. The number of anilines is 1. The van der Waals surface area contributed by atoms with E-state index < -0.39 is 6.04 Å². The predicted octanol–water partition coefficient (Wildman–Crippen LogP) is 3.72. The van der Waals surface area contributed by atoms with Gasteiger partial charge in [-0.05, 0) is 29.8 Å². The van der Waals surface area contributed by atoms with Crippen molar-refractivity contribution in [3.8, 4) is 11.8 Å². The number of para-hydroxylation sites is 2. The molecular formula is C14H11ClN2O. The first kappa shape index (κ1) is 12.3. The summed E-state index contributed by atoms with van der Waals surface area (Å²) in [6, 6.07) is 15.4. The first-order valence-corrected chi connectivity index (χ1v) is 5.78. The van der Waals surface area contributed by atoms with Crippen molar-refractivity contribution in [3.63, 3.8) is 0 Å². The van der Waals surface area contributed by atoms with Crippen molar-refractivity contribution in [3.05, 3.63) is 59.1 Å². The number of nitriles is 1. The van der Waals surface area contributed by atoms with Crippen molar-refractivity contribution in [2.45, 2.75) is 6.04 Å². The lowest BCUT2D eigenvalue weighted by Gasteiger charge is -2.14. The molecule has 0 saturated heterocycles. The maximum absolute atomic E-state index is 9.65. The van der Waals surface area contributed by atoms with Crippen LogP contribution in [-0.4, -0.2) is 5.11 Å². The van der Waals surface area contributed by atoms with Crippen molar-refractivity contribution < 1.29 is 5.11 Å². The molecule has 0 aromatic heterocycles. The number of nitrogens with zero attached hydrogens (tertiary/aromatic N) is 1. The van der Waals surface area contributed by atoms with Crippen molar-refractivity contribution in [2.24, 2.45) is 0 Å². The molecule has 90 valence electrons. The third kappa shape index (κ3) is 2.73. The average Bonchev–Trinajstić information content (AvgIpc) is 2.39. The molecule has 0 aliphatic carbocycles. The van der Waals surface area contributed by atoms with Gasteiger partial charge in [0.15, 0.2) is 0 Å². The first-order valence-electron chi connectivity index (χ1n) is 5.40. The SMILES string of the molecule is N#CC(Nc1ccccc1O)c1ccc(Cl)cc1. The van der Waals surface area contributed by atoms with Gasteiger partial charge in [0.1, 0.15) is 11.8 Å². The molecule has 0 heterocycles. The Hall–Kier alpha value is -2.18. The van der Waals surface area contributed by atoms with E-state index >= 15 is 0 Å². The Morgan fingerprint density at radius 2 is 1.78 bits per heavy atom. The van der Waals surface area contributed by atoms with Crippen molar-refractivity contribution >= 4 is 17.3 Å². The third-order valence-corrected chi connectivity index (χ3v) is 2.79. The van der Waals surface area contributed by atoms with Gasteiger partial charge >= 0.3 is 0 Å². The van der Waals surface area contributed by atoms with Gasteiger partial charge in [-0.1, -0.05) is 35.9 Å². The number of rotatable bonds is 3. The fourth-order valence-electron chi connectivity index (χ4n) is 1.60. The van der Waals surface area contributed by atoms with Gasteiger partial charge in [-0.2, -0.15) is 5.26 Å². The standard InChI is InChI=1S/C14H11ClN2O/c15-11-7-5-10(6-8-11)13(9-16)17-12-3-1-2-4-14(12)18/h1-8,13,17-18H. The van der Waals surface area contributed by atoms with Gasteiger partial charge in [0.25, 0.3) is 0 Å². The summed E-state index contributed by atoms with van der Waals surface area (Å²) < 4.78 is 0. The van der Waals surface area contributed by atoms with Crippen LogP contribution in [0.1, 0.15) is 11.6 Å². The van der Waals surface area contributed by atoms with Gasteiger partial charge in [-0.15, -0.1) is 0 Å². The van der Waals surface area contributed by atoms with E-state index in [1.54, 1.807) is 48.5 Å². The molecule has 0 aliphatic heterocycles. The molecule has 0 bridgehead atoms. The highest BCUT2D eigenvalue weighted by molar-refractivity contribution is 6.30. The highest BCUT2D eigenvalue weighted by Gasteiger charge is 2.11. The molecule has 0 aliphatic rings. The van der Waals surface area contributed by atoms with Crippen LogP contribution in [0.3, 0.4) is 0 Å². The third-order valence-electron chi connectivity index (χ3n) is 2.54. The molecule has 0 spiro atoms. The van der Waals surface area contributed by atoms with Gasteiger partial charge in [-0.25, -0.2) is 0 Å². The van der Waals surface area contributed by atoms with Crippen LogP contribution in [-0.2, 0) is 0 Å². The summed E-state index contributed by atoms with van der Waals surface area (Å²) in [4.78, 5) is 0. The van der Waals surface area contributed by atoms with Crippen LogP contribution < -0.4 is 5.32 Å². The minimum Gasteiger partial charge on any atom is -0.506 e. The molecule has 0 radical (unpaired) electrons. The van der Waals surface area contributed by atoms with Gasteiger partial charge in [0, 0.05) is 5.02 Å². The van der Waals surface area contributed by atoms with Crippen LogP contribution in [0.15, 0.2) is 48.5 Å². The van der Waals surface area contributed by atoms with Crippen LogP contribution >= 0.6 is 11.6 Å². The summed E-state index contributed by atoms with van der Waals surface area (Å²) in [6.07, 6.45) is 0. The lowest BCUT2D eigenvalue weighted by atomic mass is 10.1. The zero-order valence-electron chi connectivity index (χ0n) is 9.47. The van der Waals surface area contributed by atoms with E-state index in [-0.39, 0.29) is 5.75 Å². The van der Waals surface area contributed by atoms with Crippen LogP contribution in [0.2, 0.25) is 5.02 Å².